The first-order valence-electron chi connectivity index (χ1n) is 7.27. The van der Waals surface area contributed by atoms with E-state index in [2.05, 4.69) is 11.9 Å². The van der Waals surface area contributed by atoms with E-state index in [1.165, 1.54) is 6.42 Å². The molecule has 1 heterocycles. The molecular weight excluding hydrogens is 254 g/mol. The number of rotatable bonds is 6. The Balaban J connectivity index is 1.84. The molecule has 2 unspecified atom stereocenters. The van der Waals surface area contributed by atoms with Gasteiger partial charge in [-0.1, -0.05) is 12.1 Å². The highest BCUT2D eigenvalue weighted by molar-refractivity contribution is 5.29. The maximum absolute atomic E-state index is 10.3. The molecule has 2 atom stereocenters. The Hall–Kier alpha value is -1.10. The first kappa shape index (κ1) is 15.3. The average Bonchev–Trinajstić information content (AvgIpc) is 2.48. The predicted octanol–water partition coefficient (Wildman–Crippen LogP) is 2.09. The van der Waals surface area contributed by atoms with Crippen molar-refractivity contribution in [2.45, 2.75) is 18.9 Å². The molecular formula is C16H25NO3. The smallest absolute Gasteiger partial charge is 0.119 e. The van der Waals surface area contributed by atoms with Gasteiger partial charge in [0.15, 0.2) is 0 Å². The number of likely N-dealkylation sites (N-methyl/N-ethyl adjacent to an activating group) is 1. The van der Waals surface area contributed by atoms with Gasteiger partial charge < -0.3 is 19.5 Å². The van der Waals surface area contributed by atoms with Gasteiger partial charge >= 0.3 is 0 Å². The minimum atomic E-state index is -0.486. The zero-order valence-corrected chi connectivity index (χ0v) is 12.4. The van der Waals surface area contributed by atoms with E-state index in [1.54, 1.807) is 7.11 Å². The minimum Gasteiger partial charge on any atom is -0.497 e. The first-order chi connectivity index (χ1) is 9.69. The second-order valence-electron chi connectivity index (χ2n) is 5.60. The van der Waals surface area contributed by atoms with Crippen molar-refractivity contribution in [3.05, 3.63) is 29.8 Å². The lowest BCUT2D eigenvalue weighted by atomic mass is 10.0. The molecule has 1 aromatic rings. The molecule has 0 saturated carbocycles. The molecule has 0 radical (unpaired) electrons. The number of hydrogen-bond acceptors (Lipinski definition) is 4. The molecule has 0 spiro atoms. The van der Waals surface area contributed by atoms with E-state index in [0.29, 0.717) is 12.5 Å². The molecule has 1 N–H and O–H groups in total. The molecule has 0 amide bonds. The first-order valence-corrected chi connectivity index (χ1v) is 7.27. The van der Waals surface area contributed by atoms with E-state index in [9.17, 15) is 5.11 Å². The Morgan fingerprint density at radius 2 is 2.35 bits per heavy atom. The highest BCUT2D eigenvalue weighted by atomic mass is 16.5. The van der Waals surface area contributed by atoms with Crippen LogP contribution in [0.3, 0.4) is 0 Å². The molecule has 1 aliphatic heterocycles. The number of nitrogens with zero attached hydrogens (tertiary/aromatic N) is 1. The fourth-order valence-corrected chi connectivity index (χ4v) is 2.72. The molecule has 2 rings (SSSR count). The minimum absolute atomic E-state index is 0.486. The monoisotopic (exact) mass is 279 g/mol. The summed E-state index contributed by atoms with van der Waals surface area (Å²) < 4.78 is 10.7. The van der Waals surface area contributed by atoms with Gasteiger partial charge in [-0.15, -0.1) is 0 Å². The van der Waals surface area contributed by atoms with Gasteiger partial charge in [0.25, 0.3) is 0 Å². The molecule has 0 aliphatic carbocycles. The van der Waals surface area contributed by atoms with Crippen LogP contribution in [-0.2, 0) is 4.74 Å². The summed E-state index contributed by atoms with van der Waals surface area (Å²) in [5.74, 6) is 1.37. The van der Waals surface area contributed by atoms with Crippen molar-refractivity contribution in [1.29, 1.82) is 0 Å². The van der Waals surface area contributed by atoms with Crippen LogP contribution < -0.4 is 4.74 Å². The summed E-state index contributed by atoms with van der Waals surface area (Å²) in [6, 6.07) is 7.62. The SMILES string of the molecule is COc1cccc(C(O)CN(C)CC2CCCOC2)c1. The fourth-order valence-electron chi connectivity index (χ4n) is 2.72. The van der Waals surface area contributed by atoms with Crippen LogP contribution in [0.25, 0.3) is 0 Å². The van der Waals surface area contributed by atoms with E-state index in [4.69, 9.17) is 9.47 Å². The number of aliphatic hydroxyl groups is 1. The zero-order chi connectivity index (χ0) is 14.4. The van der Waals surface area contributed by atoms with E-state index in [1.807, 2.05) is 24.3 Å². The van der Waals surface area contributed by atoms with E-state index >= 15 is 0 Å². The Labute approximate surface area is 121 Å². The topological polar surface area (TPSA) is 41.9 Å². The summed E-state index contributed by atoms with van der Waals surface area (Å²) in [7, 11) is 3.69. The van der Waals surface area contributed by atoms with Crippen LogP contribution in [0.1, 0.15) is 24.5 Å². The third-order valence-electron chi connectivity index (χ3n) is 3.79. The standard InChI is InChI=1S/C16H25NO3/c1-17(10-13-5-4-8-20-12-13)11-16(18)14-6-3-7-15(9-14)19-2/h3,6-7,9,13,16,18H,4-5,8,10-12H2,1-2H3. The van der Waals surface area contributed by atoms with Crippen molar-refractivity contribution in [3.63, 3.8) is 0 Å². The quantitative estimate of drug-likeness (QED) is 0.866. The Morgan fingerprint density at radius 1 is 1.50 bits per heavy atom. The molecule has 4 heteroatoms. The summed E-state index contributed by atoms with van der Waals surface area (Å²) >= 11 is 0. The highest BCUT2D eigenvalue weighted by Gasteiger charge is 2.18. The van der Waals surface area contributed by atoms with Crippen molar-refractivity contribution in [2.24, 2.45) is 5.92 Å². The average molecular weight is 279 g/mol. The third kappa shape index (κ3) is 4.47. The second kappa shape index (κ2) is 7.62. The summed E-state index contributed by atoms with van der Waals surface area (Å²) in [5, 5.41) is 10.3. The van der Waals surface area contributed by atoms with Crippen LogP contribution in [0.5, 0.6) is 5.75 Å². The molecule has 1 aromatic carbocycles. The lowest BCUT2D eigenvalue weighted by Gasteiger charge is -2.28. The van der Waals surface area contributed by atoms with Crippen LogP contribution in [0.15, 0.2) is 24.3 Å². The van der Waals surface area contributed by atoms with Gasteiger partial charge in [-0.3, -0.25) is 0 Å². The number of benzene rings is 1. The second-order valence-corrected chi connectivity index (χ2v) is 5.60. The third-order valence-corrected chi connectivity index (χ3v) is 3.79. The normalized spacial score (nSPS) is 20.9. The highest BCUT2D eigenvalue weighted by Crippen LogP contribution is 2.21. The van der Waals surface area contributed by atoms with Gasteiger partial charge in [0.1, 0.15) is 5.75 Å². The number of hydrogen-bond donors (Lipinski definition) is 1. The molecule has 1 saturated heterocycles. The number of methoxy groups -OCH3 is 1. The predicted molar refractivity (Wildman–Crippen MR) is 79.0 cm³/mol. The fraction of sp³-hybridized carbons (Fsp3) is 0.625. The molecule has 20 heavy (non-hydrogen) atoms. The van der Waals surface area contributed by atoms with Crippen LogP contribution in [0, 0.1) is 5.92 Å². The van der Waals surface area contributed by atoms with E-state index in [0.717, 1.165) is 37.5 Å². The van der Waals surface area contributed by atoms with Gasteiger partial charge in [0.05, 0.1) is 19.8 Å². The molecule has 112 valence electrons. The summed E-state index contributed by atoms with van der Waals surface area (Å²) in [6.45, 7) is 3.34. The van der Waals surface area contributed by atoms with Crippen LogP contribution >= 0.6 is 0 Å². The van der Waals surface area contributed by atoms with Crippen LogP contribution in [0.2, 0.25) is 0 Å². The molecule has 0 aromatic heterocycles. The largest absolute Gasteiger partial charge is 0.497 e. The maximum Gasteiger partial charge on any atom is 0.119 e. The van der Waals surface area contributed by atoms with Gasteiger partial charge in [0.2, 0.25) is 0 Å². The van der Waals surface area contributed by atoms with Gasteiger partial charge in [-0.05, 0) is 43.5 Å². The lowest BCUT2D eigenvalue weighted by molar-refractivity contribution is 0.0342. The molecule has 0 bridgehead atoms. The van der Waals surface area contributed by atoms with Crippen LogP contribution in [0.4, 0.5) is 0 Å². The van der Waals surface area contributed by atoms with Crippen molar-refractivity contribution in [3.8, 4) is 5.75 Å². The Bertz CT molecular complexity index is 404. The van der Waals surface area contributed by atoms with Gasteiger partial charge in [-0.2, -0.15) is 0 Å². The summed E-state index contributed by atoms with van der Waals surface area (Å²) in [6.07, 6.45) is 1.89. The van der Waals surface area contributed by atoms with Crippen molar-refractivity contribution >= 4 is 0 Å². The van der Waals surface area contributed by atoms with Crippen molar-refractivity contribution in [2.75, 3.05) is 40.5 Å². The van der Waals surface area contributed by atoms with E-state index < -0.39 is 6.10 Å². The van der Waals surface area contributed by atoms with Crippen molar-refractivity contribution < 1.29 is 14.6 Å². The lowest BCUT2D eigenvalue weighted by Crippen LogP contribution is -2.33. The van der Waals surface area contributed by atoms with Crippen LogP contribution in [-0.4, -0.2) is 50.5 Å². The van der Waals surface area contributed by atoms with Gasteiger partial charge in [0, 0.05) is 19.7 Å². The summed E-state index contributed by atoms with van der Waals surface area (Å²) in [4.78, 5) is 2.18. The van der Waals surface area contributed by atoms with Crippen molar-refractivity contribution in [1.82, 2.24) is 4.90 Å². The molecule has 4 nitrogen and oxygen atoms in total. The molecule has 1 aliphatic rings. The van der Waals surface area contributed by atoms with Gasteiger partial charge in [-0.25, -0.2) is 0 Å². The Kier molecular flexibility index (Phi) is 5.83. The molecule has 1 fully saturated rings. The number of aliphatic hydroxyl groups excluding tert-OH is 1. The van der Waals surface area contributed by atoms with E-state index in [-0.39, 0.29) is 0 Å². The zero-order valence-electron chi connectivity index (χ0n) is 12.4. The number of ether oxygens (including phenoxy) is 2. The maximum atomic E-state index is 10.3. The summed E-state index contributed by atoms with van der Waals surface area (Å²) in [5.41, 5.74) is 0.899. The Morgan fingerprint density at radius 3 is 3.05 bits per heavy atom.